The van der Waals surface area contributed by atoms with Crippen LogP contribution in [0.2, 0.25) is 0 Å². The molecule has 1 aliphatic rings. The molecule has 0 N–H and O–H groups in total. The van der Waals surface area contributed by atoms with Crippen molar-refractivity contribution in [2.24, 2.45) is 0 Å². The van der Waals surface area contributed by atoms with Gasteiger partial charge in [0, 0.05) is 0 Å². The monoisotopic (exact) mass is 96.1 g/mol. The Balaban J connectivity index is 2.58. The maximum Gasteiger partial charge on any atom is 0.127 e. The van der Waals surface area contributed by atoms with E-state index in [0.717, 1.165) is 6.61 Å². The van der Waals surface area contributed by atoms with Gasteiger partial charge in [0.1, 0.15) is 5.60 Å². The molecule has 0 aromatic carbocycles. The molecule has 1 saturated heterocycles. The van der Waals surface area contributed by atoms with Crippen LogP contribution < -0.4 is 0 Å². The Morgan fingerprint density at radius 2 is 1.86 bits per heavy atom. The fraction of sp³-hybridized carbons (Fsp3) is 0.333. The van der Waals surface area contributed by atoms with E-state index < -0.39 is 0 Å². The predicted molar refractivity (Wildman–Crippen MR) is 29.1 cm³/mol. The van der Waals surface area contributed by atoms with Crippen molar-refractivity contribution in [1.29, 1.82) is 0 Å². The van der Waals surface area contributed by atoms with E-state index in [1.807, 2.05) is 0 Å². The summed E-state index contributed by atoms with van der Waals surface area (Å²) in [5, 5.41) is 0. The lowest BCUT2D eigenvalue weighted by molar-refractivity contribution is 0.393. The first-order valence-electron chi connectivity index (χ1n) is 2.24. The predicted octanol–water partition coefficient (Wildman–Crippen LogP) is 1.13. The third-order valence-corrected chi connectivity index (χ3v) is 1.17. The summed E-state index contributed by atoms with van der Waals surface area (Å²) in [6.07, 6.45) is 3.53. The van der Waals surface area contributed by atoms with E-state index in [4.69, 9.17) is 4.74 Å². The Morgan fingerprint density at radius 3 is 1.86 bits per heavy atom. The number of hydrogen-bond donors (Lipinski definition) is 0. The summed E-state index contributed by atoms with van der Waals surface area (Å²) in [6, 6.07) is 0. The molecule has 1 rings (SSSR count). The lowest BCUT2D eigenvalue weighted by Gasteiger charge is -1.89. The molecule has 1 fully saturated rings. The van der Waals surface area contributed by atoms with Crippen LogP contribution in [0, 0.1) is 0 Å². The molecule has 0 spiro atoms. The van der Waals surface area contributed by atoms with Crippen molar-refractivity contribution in [2.45, 2.75) is 5.60 Å². The SMILES string of the molecule is C=CC1(C=C)CO1. The minimum absolute atomic E-state index is 0.139. The van der Waals surface area contributed by atoms with Crippen LogP contribution in [0.4, 0.5) is 0 Å². The average molecular weight is 96.1 g/mol. The van der Waals surface area contributed by atoms with E-state index in [0.29, 0.717) is 0 Å². The van der Waals surface area contributed by atoms with Gasteiger partial charge in [0.05, 0.1) is 6.61 Å². The molecular formula is C6H8O. The molecule has 0 bridgehead atoms. The number of ether oxygens (including phenoxy) is 1. The second kappa shape index (κ2) is 1.20. The van der Waals surface area contributed by atoms with Gasteiger partial charge in [0.15, 0.2) is 0 Å². The molecule has 0 unspecified atom stereocenters. The van der Waals surface area contributed by atoms with E-state index in [1.54, 1.807) is 12.2 Å². The van der Waals surface area contributed by atoms with Crippen LogP contribution in [0.3, 0.4) is 0 Å². The van der Waals surface area contributed by atoms with Crippen LogP contribution in [0.5, 0.6) is 0 Å². The molecule has 1 aliphatic heterocycles. The van der Waals surface area contributed by atoms with Gasteiger partial charge in [-0.25, -0.2) is 0 Å². The van der Waals surface area contributed by atoms with Gasteiger partial charge >= 0.3 is 0 Å². The second-order valence-electron chi connectivity index (χ2n) is 1.65. The van der Waals surface area contributed by atoms with Gasteiger partial charge in [-0.3, -0.25) is 0 Å². The van der Waals surface area contributed by atoms with Crippen molar-refractivity contribution >= 4 is 0 Å². The van der Waals surface area contributed by atoms with Crippen molar-refractivity contribution in [3.8, 4) is 0 Å². The van der Waals surface area contributed by atoms with Crippen LogP contribution in [-0.2, 0) is 4.74 Å². The van der Waals surface area contributed by atoms with Crippen molar-refractivity contribution < 1.29 is 4.74 Å². The Labute approximate surface area is 43.3 Å². The molecule has 1 heteroatoms. The number of epoxide rings is 1. The molecule has 0 saturated carbocycles. The summed E-state index contributed by atoms with van der Waals surface area (Å²) < 4.78 is 4.96. The largest absolute Gasteiger partial charge is 0.361 e. The van der Waals surface area contributed by atoms with Gasteiger partial charge in [0.25, 0.3) is 0 Å². The quantitative estimate of drug-likeness (QED) is 0.371. The highest BCUT2D eigenvalue weighted by atomic mass is 16.6. The maximum atomic E-state index is 4.96. The summed E-state index contributed by atoms with van der Waals surface area (Å²) >= 11 is 0. The average Bonchev–Trinajstić information content (AvgIpc) is 2.46. The van der Waals surface area contributed by atoms with E-state index in [-0.39, 0.29) is 5.60 Å². The number of rotatable bonds is 2. The Morgan fingerprint density at radius 1 is 1.43 bits per heavy atom. The highest BCUT2D eigenvalue weighted by Crippen LogP contribution is 2.28. The van der Waals surface area contributed by atoms with E-state index in [1.165, 1.54) is 0 Å². The van der Waals surface area contributed by atoms with Crippen LogP contribution >= 0.6 is 0 Å². The van der Waals surface area contributed by atoms with Crippen LogP contribution in [-0.4, -0.2) is 12.2 Å². The molecule has 7 heavy (non-hydrogen) atoms. The fourth-order valence-corrected chi connectivity index (χ4v) is 0.402. The lowest BCUT2D eigenvalue weighted by Crippen LogP contribution is -1.97. The first kappa shape index (κ1) is 4.60. The molecule has 1 nitrogen and oxygen atoms in total. The third-order valence-electron chi connectivity index (χ3n) is 1.17. The van der Waals surface area contributed by atoms with Gasteiger partial charge in [-0.2, -0.15) is 0 Å². The zero-order valence-corrected chi connectivity index (χ0v) is 4.18. The highest BCUT2D eigenvalue weighted by Gasteiger charge is 2.37. The Kier molecular flexibility index (Phi) is 0.790. The van der Waals surface area contributed by atoms with Gasteiger partial charge in [-0.15, -0.1) is 0 Å². The standard InChI is InChI=1S/C6H8O/c1-3-6(4-2)5-7-6/h3-4H,1-2,5H2. The normalized spacial score (nSPS) is 23.4. The smallest absolute Gasteiger partial charge is 0.127 e. The molecule has 0 aromatic rings. The molecule has 0 radical (unpaired) electrons. The van der Waals surface area contributed by atoms with Crippen molar-refractivity contribution in [3.05, 3.63) is 25.3 Å². The Bertz CT molecular complexity index is 90.7. The summed E-state index contributed by atoms with van der Waals surface area (Å²) in [4.78, 5) is 0. The summed E-state index contributed by atoms with van der Waals surface area (Å²) in [5.41, 5.74) is -0.139. The molecule has 0 atom stereocenters. The minimum Gasteiger partial charge on any atom is -0.361 e. The molecule has 0 aromatic heterocycles. The third kappa shape index (κ3) is 0.591. The maximum absolute atomic E-state index is 4.96. The van der Waals surface area contributed by atoms with Crippen molar-refractivity contribution in [3.63, 3.8) is 0 Å². The Hall–Kier alpha value is -0.560. The van der Waals surface area contributed by atoms with E-state index in [9.17, 15) is 0 Å². The zero-order valence-electron chi connectivity index (χ0n) is 4.18. The van der Waals surface area contributed by atoms with Crippen molar-refractivity contribution in [2.75, 3.05) is 6.61 Å². The lowest BCUT2D eigenvalue weighted by atomic mass is 10.2. The molecule has 0 aliphatic carbocycles. The summed E-state index contributed by atoms with van der Waals surface area (Å²) in [6.45, 7) is 7.90. The van der Waals surface area contributed by atoms with E-state index >= 15 is 0 Å². The summed E-state index contributed by atoms with van der Waals surface area (Å²) in [5.74, 6) is 0. The van der Waals surface area contributed by atoms with Crippen LogP contribution in [0.1, 0.15) is 0 Å². The first-order chi connectivity index (χ1) is 3.33. The summed E-state index contributed by atoms with van der Waals surface area (Å²) in [7, 11) is 0. The zero-order chi connectivity index (χ0) is 5.33. The van der Waals surface area contributed by atoms with Crippen LogP contribution in [0.15, 0.2) is 25.3 Å². The molecular weight excluding hydrogens is 88.1 g/mol. The first-order valence-corrected chi connectivity index (χ1v) is 2.24. The molecule has 0 amide bonds. The second-order valence-corrected chi connectivity index (χ2v) is 1.65. The van der Waals surface area contributed by atoms with Gasteiger partial charge in [0.2, 0.25) is 0 Å². The van der Waals surface area contributed by atoms with Gasteiger partial charge in [-0.1, -0.05) is 25.3 Å². The molecule has 38 valence electrons. The molecule has 1 heterocycles. The van der Waals surface area contributed by atoms with Gasteiger partial charge < -0.3 is 4.74 Å². The minimum atomic E-state index is -0.139. The van der Waals surface area contributed by atoms with Gasteiger partial charge in [-0.05, 0) is 0 Å². The number of hydrogen-bond acceptors (Lipinski definition) is 1. The topological polar surface area (TPSA) is 12.5 Å². The van der Waals surface area contributed by atoms with Crippen LogP contribution in [0.25, 0.3) is 0 Å². The highest BCUT2D eigenvalue weighted by molar-refractivity contribution is 5.17. The fourth-order valence-electron chi connectivity index (χ4n) is 0.402. The van der Waals surface area contributed by atoms with E-state index in [2.05, 4.69) is 13.2 Å². The van der Waals surface area contributed by atoms with Crippen molar-refractivity contribution in [1.82, 2.24) is 0 Å².